The minimum atomic E-state index is -0.568. The number of hydrogen-bond donors (Lipinski definition) is 1. The van der Waals surface area contributed by atoms with E-state index in [9.17, 15) is 18.7 Å². The summed E-state index contributed by atoms with van der Waals surface area (Å²) in [6.45, 7) is 3.10. The van der Waals surface area contributed by atoms with Gasteiger partial charge in [0.25, 0.3) is 5.91 Å². The SMILES string of the molecule is Cc1ccc(C(=O)N2CCCC(CCc3ccc(F)cc3F)C2)cc1O. The van der Waals surface area contributed by atoms with Crippen LogP contribution in [0.5, 0.6) is 5.75 Å². The average Bonchev–Trinajstić information content (AvgIpc) is 2.63. The number of phenols is 1. The van der Waals surface area contributed by atoms with E-state index in [-0.39, 0.29) is 17.6 Å². The highest BCUT2D eigenvalue weighted by atomic mass is 19.1. The Bertz CT molecular complexity index is 807. The van der Waals surface area contributed by atoms with Crippen molar-refractivity contribution < 1.29 is 18.7 Å². The molecule has 0 saturated carbocycles. The van der Waals surface area contributed by atoms with Gasteiger partial charge in [-0.05, 0) is 67.9 Å². The van der Waals surface area contributed by atoms with E-state index in [0.29, 0.717) is 30.6 Å². The number of benzene rings is 2. The molecule has 1 heterocycles. The number of rotatable bonds is 4. The molecular formula is C21H23F2NO2. The Labute approximate surface area is 152 Å². The summed E-state index contributed by atoms with van der Waals surface area (Å²) in [5.74, 6) is -0.753. The van der Waals surface area contributed by atoms with Gasteiger partial charge >= 0.3 is 0 Å². The van der Waals surface area contributed by atoms with Gasteiger partial charge in [0.05, 0.1) is 0 Å². The van der Waals surface area contributed by atoms with Crippen molar-refractivity contribution in [3.05, 3.63) is 64.7 Å². The van der Waals surface area contributed by atoms with Gasteiger partial charge in [-0.1, -0.05) is 12.1 Å². The molecule has 1 aliphatic heterocycles. The van der Waals surface area contributed by atoms with Crippen LogP contribution in [0.25, 0.3) is 0 Å². The summed E-state index contributed by atoms with van der Waals surface area (Å²) in [6.07, 6.45) is 3.18. The molecule has 0 radical (unpaired) electrons. The predicted octanol–water partition coefficient (Wildman–Crippen LogP) is 4.46. The van der Waals surface area contributed by atoms with Crippen molar-refractivity contribution in [3.63, 3.8) is 0 Å². The number of amides is 1. The fourth-order valence-electron chi connectivity index (χ4n) is 3.49. The van der Waals surface area contributed by atoms with E-state index in [0.717, 1.165) is 30.9 Å². The zero-order valence-electron chi connectivity index (χ0n) is 14.8. The maximum absolute atomic E-state index is 13.8. The number of likely N-dealkylation sites (tertiary alicyclic amines) is 1. The second-order valence-electron chi connectivity index (χ2n) is 7.04. The predicted molar refractivity (Wildman–Crippen MR) is 96.2 cm³/mol. The molecule has 1 saturated heterocycles. The normalized spacial score (nSPS) is 17.3. The first-order valence-electron chi connectivity index (χ1n) is 8.97. The van der Waals surface area contributed by atoms with Crippen molar-refractivity contribution in [2.24, 2.45) is 5.92 Å². The summed E-state index contributed by atoms with van der Waals surface area (Å²) >= 11 is 0. The van der Waals surface area contributed by atoms with Crippen LogP contribution in [0.2, 0.25) is 0 Å². The Hall–Kier alpha value is -2.43. The number of halogens is 2. The van der Waals surface area contributed by atoms with Gasteiger partial charge in [0.2, 0.25) is 0 Å². The highest BCUT2D eigenvalue weighted by Gasteiger charge is 2.25. The molecule has 1 amide bonds. The number of aromatic hydroxyl groups is 1. The summed E-state index contributed by atoms with van der Waals surface area (Å²) in [5.41, 5.74) is 1.73. The molecule has 0 aromatic heterocycles. The molecule has 26 heavy (non-hydrogen) atoms. The van der Waals surface area contributed by atoms with Crippen LogP contribution < -0.4 is 0 Å². The highest BCUT2D eigenvalue weighted by molar-refractivity contribution is 5.94. The second kappa shape index (κ2) is 7.85. The summed E-state index contributed by atoms with van der Waals surface area (Å²) in [7, 11) is 0. The number of aryl methyl sites for hydroxylation is 2. The molecule has 2 aromatic carbocycles. The van der Waals surface area contributed by atoms with Gasteiger partial charge in [-0.3, -0.25) is 4.79 Å². The number of carbonyl (C=O) groups is 1. The van der Waals surface area contributed by atoms with Gasteiger partial charge in [0.15, 0.2) is 0 Å². The molecule has 5 heteroatoms. The third kappa shape index (κ3) is 4.21. The molecule has 0 bridgehead atoms. The van der Waals surface area contributed by atoms with Crippen molar-refractivity contribution in [1.29, 1.82) is 0 Å². The largest absolute Gasteiger partial charge is 0.508 e. The van der Waals surface area contributed by atoms with E-state index in [1.54, 1.807) is 24.0 Å². The number of carbonyl (C=O) groups excluding carboxylic acids is 1. The maximum atomic E-state index is 13.8. The molecule has 1 aliphatic rings. The first-order valence-corrected chi connectivity index (χ1v) is 8.97. The first kappa shape index (κ1) is 18.4. The molecular weight excluding hydrogens is 336 g/mol. The number of piperidine rings is 1. The van der Waals surface area contributed by atoms with E-state index in [4.69, 9.17) is 0 Å². The monoisotopic (exact) mass is 359 g/mol. The molecule has 1 unspecified atom stereocenters. The van der Waals surface area contributed by atoms with E-state index in [2.05, 4.69) is 0 Å². The molecule has 1 N–H and O–H groups in total. The van der Waals surface area contributed by atoms with Crippen LogP contribution in [-0.4, -0.2) is 29.0 Å². The smallest absolute Gasteiger partial charge is 0.253 e. The lowest BCUT2D eigenvalue weighted by Gasteiger charge is -2.33. The molecule has 3 nitrogen and oxygen atoms in total. The van der Waals surface area contributed by atoms with Gasteiger partial charge < -0.3 is 10.0 Å². The Morgan fingerprint density at radius 1 is 1.23 bits per heavy atom. The fraction of sp³-hybridized carbons (Fsp3) is 0.381. The van der Waals surface area contributed by atoms with Crippen molar-refractivity contribution in [3.8, 4) is 5.75 Å². The highest BCUT2D eigenvalue weighted by Crippen LogP contribution is 2.25. The molecule has 1 atom stereocenters. The third-order valence-corrected chi connectivity index (χ3v) is 5.10. The maximum Gasteiger partial charge on any atom is 0.253 e. The Balaban J connectivity index is 1.61. The van der Waals surface area contributed by atoms with Gasteiger partial charge in [0.1, 0.15) is 17.4 Å². The summed E-state index contributed by atoms with van der Waals surface area (Å²) in [5, 5.41) is 9.82. The lowest BCUT2D eigenvalue weighted by Crippen LogP contribution is -2.40. The van der Waals surface area contributed by atoms with E-state index < -0.39 is 11.6 Å². The molecule has 0 spiro atoms. The minimum Gasteiger partial charge on any atom is -0.508 e. The summed E-state index contributed by atoms with van der Waals surface area (Å²) in [6, 6.07) is 8.66. The van der Waals surface area contributed by atoms with Gasteiger partial charge in [0, 0.05) is 24.7 Å². The van der Waals surface area contributed by atoms with Crippen LogP contribution in [0.15, 0.2) is 36.4 Å². The number of nitrogens with zero attached hydrogens (tertiary/aromatic N) is 1. The topological polar surface area (TPSA) is 40.5 Å². The Kier molecular flexibility index (Phi) is 5.55. The third-order valence-electron chi connectivity index (χ3n) is 5.10. The van der Waals surface area contributed by atoms with Crippen LogP contribution in [0, 0.1) is 24.5 Å². The molecule has 0 aliphatic carbocycles. The van der Waals surface area contributed by atoms with Crippen LogP contribution in [0.1, 0.15) is 40.7 Å². The molecule has 2 aromatic rings. The van der Waals surface area contributed by atoms with Crippen molar-refractivity contribution >= 4 is 5.91 Å². The minimum absolute atomic E-state index is 0.0852. The van der Waals surface area contributed by atoms with Crippen LogP contribution in [0.3, 0.4) is 0 Å². The van der Waals surface area contributed by atoms with Crippen LogP contribution in [-0.2, 0) is 6.42 Å². The summed E-state index contributed by atoms with van der Waals surface area (Å²) in [4.78, 5) is 14.5. The summed E-state index contributed by atoms with van der Waals surface area (Å²) < 4.78 is 26.8. The van der Waals surface area contributed by atoms with Crippen molar-refractivity contribution in [2.45, 2.75) is 32.6 Å². The molecule has 138 valence electrons. The zero-order chi connectivity index (χ0) is 18.7. The van der Waals surface area contributed by atoms with Crippen LogP contribution in [0.4, 0.5) is 8.78 Å². The molecule has 1 fully saturated rings. The lowest BCUT2D eigenvalue weighted by atomic mass is 9.91. The van der Waals surface area contributed by atoms with Crippen molar-refractivity contribution in [1.82, 2.24) is 4.90 Å². The van der Waals surface area contributed by atoms with E-state index in [1.165, 1.54) is 18.2 Å². The lowest BCUT2D eigenvalue weighted by molar-refractivity contribution is 0.0667. The van der Waals surface area contributed by atoms with Gasteiger partial charge in [-0.15, -0.1) is 0 Å². The average molecular weight is 359 g/mol. The number of hydrogen-bond acceptors (Lipinski definition) is 2. The standard InChI is InChI=1S/C21H23F2NO2/c1-14-4-6-17(11-20(14)25)21(26)24-10-2-3-15(13-24)5-7-16-8-9-18(22)12-19(16)23/h4,6,8-9,11-12,15,25H,2-3,5,7,10,13H2,1H3. The van der Waals surface area contributed by atoms with Gasteiger partial charge in [-0.25, -0.2) is 8.78 Å². The first-order chi connectivity index (χ1) is 12.4. The van der Waals surface area contributed by atoms with E-state index >= 15 is 0 Å². The Morgan fingerprint density at radius 2 is 2.04 bits per heavy atom. The zero-order valence-corrected chi connectivity index (χ0v) is 14.8. The molecule has 3 rings (SSSR count). The fourth-order valence-corrected chi connectivity index (χ4v) is 3.49. The van der Waals surface area contributed by atoms with E-state index in [1.807, 2.05) is 0 Å². The quantitative estimate of drug-likeness (QED) is 0.875. The Morgan fingerprint density at radius 3 is 2.77 bits per heavy atom. The second-order valence-corrected chi connectivity index (χ2v) is 7.04. The van der Waals surface area contributed by atoms with Crippen LogP contribution >= 0.6 is 0 Å². The number of phenolic OH excluding ortho intramolecular Hbond substituents is 1. The van der Waals surface area contributed by atoms with Crippen molar-refractivity contribution in [2.75, 3.05) is 13.1 Å². The van der Waals surface area contributed by atoms with Gasteiger partial charge in [-0.2, -0.15) is 0 Å².